The first-order valence-corrected chi connectivity index (χ1v) is 5.22. The van der Waals surface area contributed by atoms with Crippen LogP contribution in [0.2, 0.25) is 5.02 Å². The number of para-hydroxylation sites is 1. The number of aromatic nitrogens is 1. The zero-order valence-corrected chi connectivity index (χ0v) is 9.45. The number of pyridine rings is 1. The Hall–Kier alpha value is -1.61. The van der Waals surface area contributed by atoms with E-state index >= 15 is 0 Å². The van der Waals surface area contributed by atoms with Crippen LogP contribution in [-0.2, 0) is 11.2 Å². The molecule has 1 aromatic heterocycles. The molecule has 0 saturated carbocycles. The van der Waals surface area contributed by atoms with Crippen molar-refractivity contribution in [3.63, 3.8) is 0 Å². The number of fused-ring (bicyclic) bond motifs is 1. The lowest BCUT2D eigenvalue weighted by molar-refractivity contribution is -0.136. The minimum atomic E-state index is -0.890. The fraction of sp³-hybridized carbons (Fsp3) is 0.167. The first-order valence-electron chi connectivity index (χ1n) is 4.84. The predicted molar refractivity (Wildman–Crippen MR) is 62.8 cm³/mol. The number of aryl methyl sites for hydroxylation is 1. The number of hydrogen-bond donors (Lipinski definition) is 1. The van der Waals surface area contributed by atoms with Gasteiger partial charge < -0.3 is 5.11 Å². The van der Waals surface area contributed by atoms with Crippen LogP contribution in [0.4, 0.5) is 0 Å². The third-order valence-electron chi connectivity index (χ3n) is 2.38. The summed E-state index contributed by atoms with van der Waals surface area (Å²) < 4.78 is 0. The molecule has 0 bridgehead atoms. The Morgan fingerprint density at radius 1 is 1.50 bits per heavy atom. The molecule has 0 aliphatic carbocycles. The van der Waals surface area contributed by atoms with Crippen molar-refractivity contribution in [1.29, 1.82) is 0 Å². The van der Waals surface area contributed by atoms with E-state index in [1.807, 2.05) is 19.1 Å². The second-order valence-corrected chi connectivity index (χ2v) is 4.04. The van der Waals surface area contributed by atoms with Crippen molar-refractivity contribution < 1.29 is 9.90 Å². The van der Waals surface area contributed by atoms with Crippen molar-refractivity contribution in [2.45, 2.75) is 13.3 Å². The number of benzene rings is 1. The van der Waals surface area contributed by atoms with E-state index in [0.29, 0.717) is 16.2 Å². The van der Waals surface area contributed by atoms with Gasteiger partial charge in [0.15, 0.2) is 0 Å². The number of carbonyl (C=O) groups is 1. The fourth-order valence-corrected chi connectivity index (χ4v) is 1.91. The monoisotopic (exact) mass is 235 g/mol. The molecular weight excluding hydrogens is 226 g/mol. The molecule has 3 nitrogen and oxygen atoms in total. The van der Waals surface area contributed by atoms with Crippen molar-refractivity contribution in [3.05, 3.63) is 40.5 Å². The molecule has 4 heteroatoms. The maximum atomic E-state index is 10.6. The number of rotatable bonds is 2. The van der Waals surface area contributed by atoms with Gasteiger partial charge in [-0.2, -0.15) is 0 Å². The molecule has 0 amide bonds. The van der Waals surface area contributed by atoms with Gasteiger partial charge in [0.1, 0.15) is 0 Å². The summed E-state index contributed by atoms with van der Waals surface area (Å²) in [7, 11) is 0. The third-order valence-corrected chi connectivity index (χ3v) is 2.69. The van der Waals surface area contributed by atoms with E-state index in [-0.39, 0.29) is 6.42 Å². The van der Waals surface area contributed by atoms with E-state index in [1.54, 1.807) is 12.1 Å². The lowest BCUT2D eigenvalue weighted by Crippen LogP contribution is -2.03. The summed E-state index contributed by atoms with van der Waals surface area (Å²) in [5, 5.41) is 10.2. The highest BCUT2D eigenvalue weighted by Crippen LogP contribution is 2.24. The zero-order valence-electron chi connectivity index (χ0n) is 8.70. The molecule has 1 aromatic carbocycles. The molecule has 2 rings (SSSR count). The SMILES string of the molecule is Cc1cc(CC(=O)O)nc2c(Cl)cccc12. The number of halogens is 1. The number of carboxylic acids is 1. The maximum absolute atomic E-state index is 10.6. The van der Waals surface area contributed by atoms with E-state index in [1.165, 1.54) is 0 Å². The van der Waals surface area contributed by atoms with E-state index in [4.69, 9.17) is 16.7 Å². The van der Waals surface area contributed by atoms with Gasteiger partial charge in [0.25, 0.3) is 0 Å². The van der Waals surface area contributed by atoms with Gasteiger partial charge in [0.2, 0.25) is 0 Å². The van der Waals surface area contributed by atoms with Crippen molar-refractivity contribution in [2.24, 2.45) is 0 Å². The highest BCUT2D eigenvalue weighted by molar-refractivity contribution is 6.35. The van der Waals surface area contributed by atoms with Crippen LogP contribution in [0.25, 0.3) is 10.9 Å². The van der Waals surface area contributed by atoms with Crippen LogP contribution in [-0.4, -0.2) is 16.1 Å². The third kappa shape index (κ3) is 1.99. The van der Waals surface area contributed by atoms with Crippen molar-refractivity contribution in [3.8, 4) is 0 Å². The van der Waals surface area contributed by atoms with Gasteiger partial charge in [-0.3, -0.25) is 9.78 Å². The lowest BCUT2D eigenvalue weighted by Gasteiger charge is -2.06. The summed E-state index contributed by atoms with van der Waals surface area (Å²) >= 11 is 6.03. The standard InChI is InChI=1S/C12H10ClNO2/c1-7-5-8(6-11(15)16)14-12-9(7)3-2-4-10(12)13/h2-5H,6H2,1H3,(H,15,16). The van der Waals surface area contributed by atoms with E-state index in [2.05, 4.69) is 4.98 Å². The van der Waals surface area contributed by atoms with Crippen LogP contribution in [0.1, 0.15) is 11.3 Å². The molecule has 0 aliphatic heterocycles. The highest BCUT2D eigenvalue weighted by Gasteiger charge is 2.08. The smallest absolute Gasteiger partial charge is 0.309 e. The van der Waals surface area contributed by atoms with Crippen LogP contribution in [0.15, 0.2) is 24.3 Å². The number of hydrogen-bond acceptors (Lipinski definition) is 2. The first kappa shape index (κ1) is 10.9. The molecule has 0 atom stereocenters. The largest absolute Gasteiger partial charge is 0.481 e. The second-order valence-electron chi connectivity index (χ2n) is 3.64. The van der Waals surface area contributed by atoms with E-state index in [0.717, 1.165) is 10.9 Å². The van der Waals surface area contributed by atoms with Crippen LogP contribution in [0, 0.1) is 6.92 Å². The summed E-state index contributed by atoms with van der Waals surface area (Å²) in [5.41, 5.74) is 2.19. The Morgan fingerprint density at radius 2 is 2.25 bits per heavy atom. The summed E-state index contributed by atoms with van der Waals surface area (Å²) in [6.07, 6.45) is -0.0813. The molecule has 2 aromatic rings. The van der Waals surface area contributed by atoms with Gasteiger partial charge >= 0.3 is 5.97 Å². The summed E-state index contributed by atoms with van der Waals surface area (Å²) in [6, 6.07) is 7.32. The van der Waals surface area contributed by atoms with Crippen LogP contribution >= 0.6 is 11.6 Å². The quantitative estimate of drug-likeness (QED) is 0.871. The molecule has 16 heavy (non-hydrogen) atoms. The molecule has 0 aliphatic rings. The normalized spacial score (nSPS) is 10.6. The van der Waals surface area contributed by atoms with E-state index < -0.39 is 5.97 Å². The average molecular weight is 236 g/mol. The van der Waals surface area contributed by atoms with Gasteiger partial charge in [0.05, 0.1) is 22.7 Å². The van der Waals surface area contributed by atoms with Gasteiger partial charge in [-0.25, -0.2) is 0 Å². The topological polar surface area (TPSA) is 50.2 Å². The highest BCUT2D eigenvalue weighted by atomic mass is 35.5. The van der Waals surface area contributed by atoms with Crippen LogP contribution in [0.5, 0.6) is 0 Å². The minimum absolute atomic E-state index is 0.0813. The van der Waals surface area contributed by atoms with Crippen LogP contribution in [0.3, 0.4) is 0 Å². The van der Waals surface area contributed by atoms with Crippen molar-refractivity contribution >= 4 is 28.5 Å². The summed E-state index contributed by atoms with van der Waals surface area (Å²) in [4.78, 5) is 14.9. The van der Waals surface area contributed by atoms with Crippen molar-refractivity contribution in [2.75, 3.05) is 0 Å². The lowest BCUT2D eigenvalue weighted by atomic mass is 10.1. The van der Waals surface area contributed by atoms with Gasteiger partial charge in [-0.1, -0.05) is 23.7 Å². The number of carboxylic acid groups (broad SMARTS) is 1. The Kier molecular flexibility index (Phi) is 2.79. The summed E-state index contributed by atoms with van der Waals surface area (Å²) in [5.74, 6) is -0.890. The molecular formula is C12H10ClNO2. The van der Waals surface area contributed by atoms with Gasteiger partial charge in [-0.05, 0) is 24.6 Å². The molecule has 1 N–H and O–H groups in total. The molecule has 0 saturated heterocycles. The molecule has 1 heterocycles. The van der Waals surface area contributed by atoms with Gasteiger partial charge in [0, 0.05) is 5.39 Å². The van der Waals surface area contributed by atoms with Gasteiger partial charge in [-0.15, -0.1) is 0 Å². The molecule has 0 spiro atoms. The predicted octanol–water partition coefficient (Wildman–Crippen LogP) is 2.82. The Balaban J connectivity index is 2.65. The fourth-order valence-electron chi connectivity index (χ4n) is 1.70. The second kappa shape index (κ2) is 4.10. The maximum Gasteiger partial charge on any atom is 0.309 e. The molecule has 0 unspecified atom stereocenters. The first-order chi connectivity index (χ1) is 7.58. The average Bonchev–Trinajstić information content (AvgIpc) is 2.19. The number of nitrogens with zero attached hydrogens (tertiary/aromatic N) is 1. The summed E-state index contributed by atoms with van der Waals surface area (Å²) in [6.45, 7) is 1.92. The van der Waals surface area contributed by atoms with Crippen molar-refractivity contribution in [1.82, 2.24) is 4.98 Å². The molecule has 82 valence electrons. The minimum Gasteiger partial charge on any atom is -0.481 e. The number of aliphatic carboxylic acids is 1. The molecule has 0 fully saturated rings. The van der Waals surface area contributed by atoms with E-state index in [9.17, 15) is 4.79 Å². The Morgan fingerprint density at radius 3 is 2.94 bits per heavy atom. The van der Waals surface area contributed by atoms with Crippen LogP contribution < -0.4 is 0 Å². The molecule has 0 radical (unpaired) electrons. The Bertz CT molecular complexity index is 566. The Labute approximate surface area is 97.7 Å². The zero-order chi connectivity index (χ0) is 11.7.